The topological polar surface area (TPSA) is 3.24 Å². The normalized spacial score (nSPS) is 17.3. The summed E-state index contributed by atoms with van der Waals surface area (Å²) in [6.45, 7) is 3.41. The molecule has 0 atom stereocenters. The maximum Gasteiger partial charge on any atom is 0.0163 e. The van der Waals surface area contributed by atoms with Crippen LogP contribution < -0.4 is 0 Å². The Balaban J connectivity index is 1.94. The lowest BCUT2D eigenvalue weighted by atomic mass is 10.0. The van der Waals surface area contributed by atoms with Crippen molar-refractivity contribution in [1.29, 1.82) is 0 Å². The van der Waals surface area contributed by atoms with Gasteiger partial charge in [0.25, 0.3) is 0 Å². The van der Waals surface area contributed by atoms with Crippen LogP contribution in [0.3, 0.4) is 0 Å². The van der Waals surface area contributed by atoms with Crippen LogP contribution in [0.2, 0.25) is 0 Å². The van der Waals surface area contributed by atoms with E-state index >= 15 is 0 Å². The Bertz CT molecular complexity index is 333. The second-order valence-corrected chi connectivity index (χ2v) is 4.59. The third kappa shape index (κ3) is 3.13. The van der Waals surface area contributed by atoms with Gasteiger partial charge in [0.2, 0.25) is 0 Å². The average molecular weight is 233 g/mol. The number of benzene rings is 1. The Labute approximate surface area is 104 Å². The molecule has 16 heavy (non-hydrogen) atoms. The van der Waals surface area contributed by atoms with Crippen LogP contribution in [0.15, 0.2) is 36.4 Å². The van der Waals surface area contributed by atoms with Crippen molar-refractivity contribution < 1.29 is 0 Å². The lowest BCUT2D eigenvalue weighted by Crippen LogP contribution is -2.26. The minimum Gasteiger partial charge on any atom is -0.299 e. The average Bonchev–Trinajstić information content (AvgIpc) is 2.53. The Hall–Kier alpha value is -0.730. The van der Waals surface area contributed by atoms with Crippen LogP contribution >= 0.6 is 12.6 Å². The molecule has 0 aromatic heterocycles. The molecule has 1 heterocycles. The molecule has 0 amide bonds. The van der Waals surface area contributed by atoms with Gasteiger partial charge in [0.15, 0.2) is 0 Å². The lowest BCUT2D eigenvalue weighted by molar-refractivity contribution is 0.318. The van der Waals surface area contributed by atoms with E-state index in [1.54, 1.807) is 0 Å². The standard InChI is InChI=1S/C14H19NS/c16-12-4-3-9-15-10-7-13-5-1-2-6-14(13)8-11-15/h1-6,16H,7-12H2. The maximum atomic E-state index is 4.17. The number of rotatable bonds is 3. The molecule has 1 aromatic rings. The highest BCUT2D eigenvalue weighted by Crippen LogP contribution is 2.15. The van der Waals surface area contributed by atoms with E-state index in [0.29, 0.717) is 0 Å². The van der Waals surface area contributed by atoms with Crippen molar-refractivity contribution >= 4 is 12.6 Å². The summed E-state index contributed by atoms with van der Waals surface area (Å²) in [6, 6.07) is 8.83. The van der Waals surface area contributed by atoms with E-state index in [2.05, 4.69) is 53.9 Å². The zero-order valence-electron chi connectivity index (χ0n) is 9.60. The monoisotopic (exact) mass is 233 g/mol. The highest BCUT2D eigenvalue weighted by Gasteiger charge is 2.11. The van der Waals surface area contributed by atoms with E-state index in [1.165, 1.54) is 37.1 Å². The molecule has 2 heteroatoms. The fourth-order valence-corrected chi connectivity index (χ4v) is 2.34. The highest BCUT2D eigenvalue weighted by molar-refractivity contribution is 7.80. The van der Waals surface area contributed by atoms with Gasteiger partial charge < -0.3 is 0 Å². The first-order valence-electron chi connectivity index (χ1n) is 5.95. The molecule has 86 valence electrons. The van der Waals surface area contributed by atoms with E-state index in [-0.39, 0.29) is 0 Å². The fraction of sp³-hybridized carbons (Fsp3) is 0.429. The van der Waals surface area contributed by atoms with E-state index in [1.807, 2.05) is 0 Å². The van der Waals surface area contributed by atoms with Crippen molar-refractivity contribution in [3.8, 4) is 0 Å². The molecule has 0 fully saturated rings. The molecule has 1 aliphatic rings. The quantitative estimate of drug-likeness (QED) is 0.620. The molecule has 0 N–H and O–H groups in total. The minimum atomic E-state index is 0.841. The number of fused-ring (bicyclic) bond motifs is 1. The van der Waals surface area contributed by atoms with E-state index in [0.717, 1.165) is 12.3 Å². The molecule has 0 saturated carbocycles. The number of nitrogens with zero attached hydrogens (tertiary/aromatic N) is 1. The lowest BCUT2D eigenvalue weighted by Gasteiger charge is -2.17. The molecule has 1 nitrogen and oxygen atoms in total. The van der Waals surface area contributed by atoms with Gasteiger partial charge in [-0.05, 0) is 24.0 Å². The van der Waals surface area contributed by atoms with Gasteiger partial charge in [0.05, 0.1) is 0 Å². The number of hydrogen-bond donors (Lipinski definition) is 1. The first-order chi connectivity index (χ1) is 7.90. The fourth-order valence-electron chi connectivity index (χ4n) is 2.19. The first-order valence-corrected chi connectivity index (χ1v) is 6.58. The van der Waals surface area contributed by atoms with Gasteiger partial charge in [-0.25, -0.2) is 0 Å². The van der Waals surface area contributed by atoms with E-state index in [9.17, 15) is 0 Å². The predicted octanol–water partition coefficient (Wildman–Crippen LogP) is 2.57. The molecule has 0 saturated heterocycles. The summed E-state index contributed by atoms with van der Waals surface area (Å²) in [7, 11) is 0. The van der Waals surface area contributed by atoms with Gasteiger partial charge in [-0.1, -0.05) is 36.4 Å². The molecular formula is C14H19NS. The van der Waals surface area contributed by atoms with Gasteiger partial charge in [0.1, 0.15) is 0 Å². The highest BCUT2D eigenvalue weighted by atomic mass is 32.1. The van der Waals surface area contributed by atoms with Crippen LogP contribution in [0.25, 0.3) is 0 Å². The summed E-state index contributed by atoms with van der Waals surface area (Å²) in [6.07, 6.45) is 6.72. The maximum absolute atomic E-state index is 4.17. The van der Waals surface area contributed by atoms with Gasteiger partial charge in [-0.15, -0.1) is 0 Å². The van der Waals surface area contributed by atoms with Crippen LogP contribution in [0, 0.1) is 0 Å². The summed E-state index contributed by atoms with van der Waals surface area (Å²) in [5.41, 5.74) is 3.06. The SMILES string of the molecule is SCC=CCN1CCc2ccccc2CC1. The van der Waals surface area contributed by atoms with Crippen molar-refractivity contribution in [2.24, 2.45) is 0 Å². The van der Waals surface area contributed by atoms with Gasteiger partial charge >= 0.3 is 0 Å². The van der Waals surface area contributed by atoms with Crippen molar-refractivity contribution in [2.75, 3.05) is 25.4 Å². The summed E-state index contributed by atoms with van der Waals surface area (Å²) in [4.78, 5) is 2.51. The van der Waals surface area contributed by atoms with Crippen LogP contribution in [-0.4, -0.2) is 30.3 Å². The smallest absolute Gasteiger partial charge is 0.0163 e. The van der Waals surface area contributed by atoms with Crippen molar-refractivity contribution in [2.45, 2.75) is 12.8 Å². The Morgan fingerprint density at radius 1 is 1.06 bits per heavy atom. The zero-order valence-corrected chi connectivity index (χ0v) is 10.5. The van der Waals surface area contributed by atoms with Gasteiger partial charge in [0, 0.05) is 25.4 Å². The van der Waals surface area contributed by atoms with E-state index < -0.39 is 0 Å². The number of thiol groups is 1. The molecule has 0 spiro atoms. The third-order valence-corrected chi connectivity index (χ3v) is 3.36. The molecule has 0 radical (unpaired) electrons. The molecular weight excluding hydrogens is 214 g/mol. The van der Waals surface area contributed by atoms with Crippen LogP contribution in [-0.2, 0) is 12.8 Å². The Morgan fingerprint density at radius 2 is 1.69 bits per heavy atom. The van der Waals surface area contributed by atoms with Crippen LogP contribution in [0.5, 0.6) is 0 Å². The summed E-state index contributed by atoms with van der Waals surface area (Å²) in [5, 5.41) is 0. The predicted molar refractivity (Wildman–Crippen MR) is 73.3 cm³/mol. The van der Waals surface area contributed by atoms with E-state index in [4.69, 9.17) is 0 Å². The van der Waals surface area contributed by atoms with Crippen LogP contribution in [0.1, 0.15) is 11.1 Å². The van der Waals surface area contributed by atoms with Crippen molar-refractivity contribution in [1.82, 2.24) is 4.90 Å². The zero-order chi connectivity index (χ0) is 11.2. The van der Waals surface area contributed by atoms with Gasteiger partial charge in [-0.3, -0.25) is 4.90 Å². The largest absolute Gasteiger partial charge is 0.299 e. The second kappa shape index (κ2) is 6.12. The summed E-state index contributed by atoms with van der Waals surface area (Å²) < 4.78 is 0. The second-order valence-electron chi connectivity index (χ2n) is 4.22. The summed E-state index contributed by atoms with van der Waals surface area (Å²) >= 11 is 4.17. The minimum absolute atomic E-state index is 0.841. The van der Waals surface area contributed by atoms with Gasteiger partial charge in [-0.2, -0.15) is 12.6 Å². The van der Waals surface area contributed by atoms with Crippen molar-refractivity contribution in [3.05, 3.63) is 47.5 Å². The molecule has 0 unspecified atom stereocenters. The van der Waals surface area contributed by atoms with Crippen molar-refractivity contribution in [3.63, 3.8) is 0 Å². The molecule has 0 bridgehead atoms. The number of hydrogen-bond acceptors (Lipinski definition) is 2. The molecule has 1 aliphatic heterocycles. The Kier molecular flexibility index (Phi) is 4.49. The molecule has 0 aliphatic carbocycles. The third-order valence-electron chi connectivity index (χ3n) is 3.15. The first kappa shape index (κ1) is 11.7. The molecule has 2 rings (SSSR count). The summed E-state index contributed by atoms with van der Waals surface area (Å²) in [5.74, 6) is 0.841. The van der Waals surface area contributed by atoms with Crippen LogP contribution in [0.4, 0.5) is 0 Å². The molecule has 1 aromatic carbocycles. The Morgan fingerprint density at radius 3 is 2.25 bits per heavy atom.